The van der Waals surface area contributed by atoms with Crippen LogP contribution in [0.5, 0.6) is 0 Å². The summed E-state index contributed by atoms with van der Waals surface area (Å²) in [6.07, 6.45) is 5.45. The second-order valence-electron chi connectivity index (χ2n) is 5.86. The van der Waals surface area contributed by atoms with E-state index in [9.17, 15) is 0 Å². The van der Waals surface area contributed by atoms with Gasteiger partial charge in [-0.25, -0.2) is 0 Å². The second-order valence-corrected chi connectivity index (χ2v) is 5.86. The average Bonchev–Trinajstić information content (AvgIpc) is 2.55. The van der Waals surface area contributed by atoms with Crippen molar-refractivity contribution in [3.63, 3.8) is 0 Å². The molecule has 0 aliphatic heterocycles. The molecule has 0 aliphatic rings. The van der Waals surface area contributed by atoms with Gasteiger partial charge < -0.3 is 7.43 Å². The second kappa shape index (κ2) is 9.31. The third kappa shape index (κ3) is 8.50. The van der Waals surface area contributed by atoms with Crippen molar-refractivity contribution in [3.8, 4) is 0 Å². The van der Waals surface area contributed by atoms with Gasteiger partial charge in [-0.1, -0.05) is 27.7 Å². The van der Waals surface area contributed by atoms with E-state index in [0.717, 1.165) is 16.6 Å². The fourth-order valence-electron chi connectivity index (χ4n) is 1.27. The van der Waals surface area contributed by atoms with Crippen molar-refractivity contribution in [1.29, 1.82) is 0 Å². The number of aryl methyl sites for hydroxylation is 1. The minimum absolute atomic E-state index is 0. The van der Waals surface area contributed by atoms with Gasteiger partial charge in [0.05, 0.1) is 11.9 Å². The zero-order valence-electron chi connectivity index (χ0n) is 13.6. The van der Waals surface area contributed by atoms with Gasteiger partial charge in [0.1, 0.15) is 5.52 Å². The van der Waals surface area contributed by atoms with Gasteiger partial charge in [0.25, 0.3) is 0 Å². The molecular formula is C15H25N4U-. The van der Waals surface area contributed by atoms with E-state index >= 15 is 0 Å². The summed E-state index contributed by atoms with van der Waals surface area (Å²) in [6.45, 7) is 8.75. The fraction of sp³-hybridized carbons (Fsp3) is 0.467. The van der Waals surface area contributed by atoms with Crippen LogP contribution in [0.3, 0.4) is 0 Å². The van der Waals surface area contributed by atoms with E-state index in [1.54, 1.807) is 24.1 Å². The first kappa shape index (κ1) is 21.6. The van der Waals surface area contributed by atoms with Gasteiger partial charge in [-0.15, -0.1) is 0 Å². The minimum atomic E-state index is 0. The fourth-order valence-corrected chi connectivity index (χ4v) is 1.27. The third-order valence-electron chi connectivity index (χ3n) is 1.79. The maximum atomic E-state index is 4.22. The van der Waals surface area contributed by atoms with Crippen molar-refractivity contribution in [1.82, 2.24) is 14.8 Å². The Balaban J connectivity index is 0. The Labute approximate surface area is 146 Å². The number of pyridine rings is 1. The van der Waals surface area contributed by atoms with Crippen LogP contribution in [0.25, 0.3) is 10.9 Å². The molecule has 2 heterocycles. The van der Waals surface area contributed by atoms with Gasteiger partial charge in [-0.05, 0) is 11.5 Å². The molecule has 0 N–H and O–H groups in total. The van der Waals surface area contributed by atoms with Crippen molar-refractivity contribution in [3.05, 3.63) is 31.6 Å². The third-order valence-corrected chi connectivity index (χ3v) is 1.79. The van der Waals surface area contributed by atoms with Gasteiger partial charge in [0.2, 0.25) is 0 Å². The van der Waals surface area contributed by atoms with Crippen molar-refractivity contribution in [2.75, 3.05) is 7.05 Å². The normalized spacial score (nSPS) is 10.5. The van der Waals surface area contributed by atoms with Gasteiger partial charge in [0.15, 0.2) is 0 Å². The molecule has 2 aromatic heterocycles. The van der Waals surface area contributed by atoms with E-state index in [2.05, 4.69) is 42.8 Å². The molecule has 0 unspecified atom stereocenters. The molecule has 0 bridgehead atoms. The number of fused-ring (bicyclic) bond motifs is 1. The average molecular weight is 499 g/mol. The van der Waals surface area contributed by atoms with Crippen LogP contribution in [0.2, 0.25) is 0 Å². The van der Waals surface area contributed by atoms with Crippen LogP contribution in [-0.4, -0.2) is 28.0 Å². The Morgan fingerprint density at radius 3 is 2.30 bits per heavy atom. The number of aromatic nitrogens is 3. The van der Waals surface area contributed by atoms with E-state index in [1.807, 2.05) is 19.3 Å². The monoisotopic (exact) mass is 499 g/mol. The van der Waals surface area contributed by atoms with E-state index in [4.69, 9.17) is 0 Å². The standard InChI is InChI=1S/C9H10N4.C5H12.CH3.U/c1-10-4-8-3-7-6-13(2)12-9(7)5-11-8;1-5(2,3)4;;/h3-6H,1-2H3;1-4H3;1H3;/q;;-1;. The van der Waals surface area contributed by atoms with Crippen LogP contribution in [0.4, 0.5) is 0 Å². The smallest absolute Gasteiger partial charge is 0.111 e. The summed E-state index contributed by atoms with van der Waals surface area (Å²) in [5.74, 6) is 0. The summed E-state index contributed by atoms with van der Waals surface area (Å²) in [4.78, 5) is 8.09. The Bertz CT molecular complexity index is 532. The topological polar surface area (TPSA) is 43.1 Å². The van der Waals surface area contributed by atoms with Gasteiger partial charge in [-0.3, -0.25) is 14.7 Å². The Kier molecular flexibility index (Phi) is 10.1. The summed E-state index contributed by atoms with van der Waals surface area (Å²) in [5, 5.41) is 5.31. The zero-order valence-corrected chi connectivity index (χ0v) is 17.8. The number of nitrogens with zero attached hydrogens (tertiary/aromatic N) is 4. The first-order chi connectivity index (χ1) is 8.29. The Morgan fingerprint density at radius 2 is 1.80 bits per heavy atom. The molecule has 0 saturated carbocycles. The molecular weight excluding hydrogens is 474 g/mol. The van der Waals surface area contributed by atoms with Gasteiger partial charge in [-0.2, -0.15) is 5.10 Å². The molecule has 0 aromatic carbocycles. The van der Waals surface area contributed by atoms with Crippen LogP contribution in [-0.2, 0) is 7.05 Å². The van der Waals surface area contributed by atoms with Crippen molar-refractivity contribution in [2.24, 2.45) is 17.5 Å². The first-order valence-corrected chi connectivity index (χ1v) is 6.01. The summed E-state index contributed by atoms with van der Waals surface area (Å²) < 4.78 is 1.78. The van der Waals surface area contributed by atoms with Crippen LogP contribution in [0.1, 0.15) is 33.4 Å². The van der Waals surface area contributed by atoms with Crippen LogP contribution in [0.15, 0.2) is 23.5 Å². The van der Waals surface area contributed by atoms with E-state index in [1.165, 1.54) is 0 Å². The Morgan fingerprint density at radius 1 is 1.25 bits per heavy atom. The van der Waals surface area contributed by atoms with Crippen molar-refractivity contribution < 1.29 is 31.1 Å². The molecule has 0 fully saturated rings. The quantitative estimate of drug-likeness (QED) is 0.445. The van der Waals surface area contributed by atoms with Crippen molar-refractivity contribution >= 4 is 17.1 Å². The molecule has 2 rings (SSSR count). The molecule has 5 heteroatoms. The van der Waals surface area contributed by atoms with Crippen LogP contribution < -0.4 is 0 Å². The molecule has 0 radical (unpaired) electrons. The summed E-state index contributed by atoms with van der Waals surface area (Å²) in [7, 11) is 3.63. The molecule has 0 atom stereocenters. The van der Waals surface area contributed by atoms with E-state index in [-0.39, 0.29) is 38.5 Å². The number of aliphatic imine (C=N–C) groups is 1. The maximum absolute atomic E-state index is 4.22. The zero-order chi connectivity index (χ0) is 13.8. The molecule has 110 valence electrons. The first-order valence-electron chi connectivity index (χ1n) is 6.01. The summed E-state index contributed by atoms with van der Waals surface area (Å²) >= 11 is 0. The van der Waals surface area contributed by atoms with Crippen molar-refractivity contribution in [2.45, 2.75) is 27.7 Å². The van der Waals surface area contributed by atoms with Crippen LogP contribution >= 0.6 is 0 Å². The predicted octanol–water partition coefficient (Wildman–Crippen LogP) is 3.52. The summed E-state index contributed by atoms with van der Waals surface area (Å²) in [5.41, 5.74) is 2.28. The Hall–Kier alpha value is -0.658. The molecule has 0 saturated heterocycles. The molecule has 4 nitrogen and oxygen atoms in total. The van der Waals surface area contributed by atoms with Gasteiger partial charge in [0, 0.05) is 63.0 Å². The maximum Gasteiger partial charge on any atom is 0.111 e. The summed E-state index contributed by atoms with van der Waals surface area (Å²) in [6, 6.07) is 1.97. The van der Waals surface area contributed by atoms with E-state index < -0.39 is 0 Å². The number of hydrogen-bond acceptors (Lipinski definition) is 3. The number of rotatable bonds is 1. The molecule has 0 spiro atoms. The minimum Gasteiger partial charge on any atom is -0.358 e. The van der Waals surface area contributed by atoms with Gasteiger partial charge >= 0.3 is 0 Å². The molecule has 20 heavy (non-hydrogen) atoms. The SMILES string of the molecule is CC(C)(C)C.CN=Cc1cc2cn(C)nc2cn1.[CH3-].[U]. The molecule has 2 aromatic rings. The largest absolute Gasteiger partial charge is 0.358 e. The molecule has 0 aliphatic carbocycles. The number of hydrogen-bond donors (Lipinski definition) is 0. The van der Waals surface area contributed by atoms with E-state index in [0.29, 0.717) is 5.41 Å². The predicted molar refractivity (Wildman–Crippen MR) is 83.6 cm³/mol. The molecule has 0 amide bonds. The van der Waals surface area contributed by atoms with Crippen LogP contribution in [0, 0.1) is 44.0 Å².